The van der Waals surface area contributed by atoms with E-state index in [1.54, 1.807) is 4.72 Å². The van der Waals surface area contributed by atoms with Crippen LogP contribution in [-0.4, -0.2) is 269 Å². The van der Waals surface area contributed by atoms with Gasteiger partial charge in [-0.25, -0.2) is 35.3 Å². The first-order valence-corrected chi connectivity index (χ1v) is 28.5. The van der Waals surface area contributed by atoms with Gasteiger partial charge in [-0.3, -0.25) is 27.6 Å². The number of aliphatic hydroxyl groups is 6. The zero-order valence-corrected chi connectivity index (χ0v) is 43.0. The van der Waals surface area contributed by atoms with Gasteiger partial charge in [0.2, 0.25) is 17.2 Å². The third-order valence-corrected chi connectivity index (χ3v) is 13.4. The van der Waals surface area contributed by atoms with Gasteiger partial charge in [0.15, 0.2) is 49.6 Å². The van der Waals surface area contributed by atoms with Gasteiger partial charge < -0.3 is 84.1 Å². The number of amides is 1. The molecule has 0 aliphatic carbocycles. The van der Waals surface area contributed by atoms with E-state index < -0.39 is 201 Å². The summed E-state index contributed by atoms with van der Waals surface area (Å²) >= 11 is -3.17. The third-order valence-electron chi connectivity index (χ3n) is 11.1. The van der Waals surface area contributed by atoms with Gasteiger partial charge in [0.05, 0.1) is 25.9 Å². The molecule has 4 heterocycles. The van der Waals surface area contributed by atoms with E-state index in [9.17, 15) is 106 Å². The second kappa shape index (κ2) is 28.9. The van der Waals surface area contributed by atoms with Crippen LogP contribution in [0.2, 0.25) is 0 Å². The van der Waals surface area contributed by atoms with Crippen LogP contribution in [0.4, 0.5) is 0 Å². The van der Waals surface area contributed by atoms with Crippen molar-refractivity contribution in [1.29, 1.82) is 0 Å². The summed E-state index contributed by atoms with van der Waals surface area (Å²) < 4.78 is 216. The van der Waals surface area contributed by atoms with Crippen molar-refractivity contribution in [2.45, 2.75) is 155 Å². The lowest BCUT2D eigenvalue weighted by Gasteiger charge is -2.48. The fourth-order valence-electron chi connectivity index (χ4n) is 7.81. The summed E-state index contributed by atoms with van der Waals surface area (Å²) in [6.07, 6.45) is -43.3. The number of rotatable bonds is 30. The Labute approximate surface area is 438 Å². The van der Waals surface area contributed by atoms with Crippen LogP contribution in [0.1, 0.15) is 38.5 Å². The van der Waals surface area contributed by atoms with E-state index in [0.29, 0.717) is 19.3 Å². The second-order valence-electron chi connectivity index (χ2n) is 16.6. The zero-order valence-electron chi connectivity index (χ0n) is 38.9. The van der Waals surface area contributed by atoms with Crippen molar-refractivity contribution in [2.24, 2.45) is 0 Å². The van der Waals surface area contributed by atoms with Gasteiger partial charge in [-0.2, -0.15) is 33.7 Å². The lowest BCUT2D eigenvalue weighted by atomic mass is 9.95. The molecule has 1 amide bonds. The largest absolute Gasteiger partial charge is 0.479 e. The lowest BCUT2D eigenvalue weighted by Crippen LogP contribution is -2.68. The molecule has 4 fully saturated rings. The first kappa shape index (κ1) is 66.9. The number of aliphatic carboxylic acids is 2. The quantitative estimate of drug-likeness (QED) is 0.0180. The normalized spacial score (nSPS) is 36.0. The van der Waals surface area contributed by atoms with E-state index in [1.165, 1.54) is 0 Å². The van der Waals surface area contributed by atoms with Gasteiger partial charge in [-0.05, 0) is 12.8 Å². The van der Waals surface area contributed by atoms with E-state index in [-0.39, 0.29) is 38.5 Å². The predicted molar refractivity (Wildman–Crippen MR) is 234 cm³/mol. The standard InChI is InChI=1S/C33H56N2O37S5/c36-7-5-15(38)34-6-3-1-2-4-8-61-32-25(71-76(55,56)57)20(41)23(27(69-32)29(43)44)66-16-9-12(37)22(14(64-16)11-63-75(52,53)54)67-33-26(72-77(58,59)60)21(42)24(28(70-33)30(45)46)68-31-17(35-73(47)48)19(40)18(39)13(65-31)10-62-74(49,50)51/h12-14,16-28,31-33,35-37,39-42H,1-11H2,(H,34,38)(H,43,44)(H,45,46)(H,47,48)(H,49,50,51)(H,52,53,54)(H,55,56,57)(H,58,59,60). The summed E-state index contributed by atoms with van der Waals surface area (Å²) in [5, 5.41) is 87.2. The maximum Gasteiger partial charge on any atom is 0.397 e. The molecule has 0 aromatic carbocycles. The van der Waals surface area contributed by atoms with Crippen LogP contribution in [0, 0.1) is 0 Å². The predicted octanol–water partition coefficient (Wildman–Crippen LogP) is -8.41. The molecule has 0 radical (unpaired) electrons. The number of ether oxygens (including phenoxy) is 8. The molecule has 450 valence electrons. The molecular formula is C33H56N2O37S5. The molecule has 4 saturated heterocycles. The van der Waals surface area contributed by atoms with Crippen LogP contribution in [0.5, 0.6) is 0 Å². The molecular weight excluding hydrogens is 1180 g/mol. The topological polar surface area (TPSA) is 603 Å². The minimum atomic E-state index is -5.87. The van der Waals surface area contributed by atoms with Crippen molar-refractivity contribution in [1.82, 2.24) is 10.0 Å². The van der Waals surface area contributed by atoms with Crippen LogP contribution >= 0.6 is 0 Å². The molecule has 0 aromatic rings. The Morgan fingerprint density at radius 3 is 1.61 bits per heavy atom. The van der Waals surface area contributed by atoms with Gasteiger partial charge in [-0.1, -0.05) is 12.8 Å². The third kappa shape index (κ3) is 21.0. The molecule has 15 N–H and O–H groups in total. The number of carbonyl (C=O) groups excluding carboxylic acids is 1. The molecule has 39 nitrogen and oxygen atoms in total. The van der Waals surface area contributed by atoms with Crippen molar-refractivity contribution >= 4 is 70.7 Å². The molecule has 4 rings (SSSR count). The van der Waals surface area contributed by atoms with E-state index >= 15 is 0 Å². The Morgan fingerprint density at radius 1 is 0.584 bits per heavy atom. The van der Waals surface area contributed by atoms with E-state index in [0.717, 1.165) is 0 Å². The fraction of sp³-hybridized carbons (Fsp3) is 0.909. The van der Waals surface area contributed by atoms with E-state index in [2.05, 4.69) is 22.0 Å². The van der Waals surface area contributed by atoms with Crippen molar-refractivity contribution in [3.05, 3.63) is 0 Å². The number of hydrogen-bond donors (Lipinski definition) is 15. The molecule has 0 saturated carbocycles. The fourth-order valence-corrected chi connectivity index (χ4v) is 9.87. The molecule has 20 unspecified atom stereocenters. The number of hydrogen-bond acceptors (Lipinski definition) is 30. The van der Waals surface area contributed by atoms with Gasteiger partial charge in [0, 0.05) is 26.0 Å². The summed E-state index contributed by atoms with van der Waals surface area (Å²) in [5.74, 6) is -4.52. The highest BCUT2D eigenvalue weighted by Crippen LogP contribution is 2.37. The summed E-state index contributed by atoms with van der Waals surface area (Å²) in [7, 11) is -22.2. The highest BCUT2D eigenvalue weighted by Gasteiger charge is 2.58. The molecule has 44 heteroatoms. The summed E-state index contributed by atoms with van der Waals surface area (Å²) in [5.41, 5.74) is 0. The van der Waals surface area contributed by atoms with Gasteiger partial charge in [0.1, 0.15) is 61.0 Å². The van der Waals surface area contributed by atoms with Crippen LogP contribution in [0.25, 0.3) is 0 Å². The summed E-state index contributed by atoms with van der Waals surface area (Å²) in [6, 6.07) is -2.18. The van der Waals surface area contributed by atoms with E-state index in [4.69, 9.17) is 47.6 Å². The van der Waals surface area contributed by atoms with Crippen molar-refractivity contribution in [2.75, 3.05) is 33.0 Å². The Bertz CT molecular complexity index is 2440. The first-order chi connectivity index (χ1) is 35.6. The average Bonchev–Trinajstić information content (AvgIpc) is 3.28. The molecule has 4 aliphatic heterocycles. The molecule has 77 heavy (non-hydrogen) atoms. The van der Waals surface area contributed by atoms with Crippen LogP contribution in [0.15, 0.2) is 0 Å². The summed E-state index contributed by atoms with van der Waals surface area (Å²) in [6.45, 7) is -3.27. The molecule has 4 aliphatic rings. The monoisotopic (exact) mass is 1230 g/mol. The van der Waals surface area contributed by atoms with E-state index in [1.807, 2.05) is 0 Å². The summed E-state index contributed by atoms with van der Waals surface area (Å²) in [4.78, 5) is 36.7. The highest BCUT2D eigenvalue weighted by molar-refractivity contribution is 7.81. The number of aliphatic hydroxyl groups excluding tert-OH is 6. The Balaban J connectivity index is 1.60. The van der Waals surface area contributed by atoms with Crippen molar-refractivity contribution in [3.63, 3.8) is 0 Å². The number of nitrogens with one attached hydrogen (secondary N) is 2. The minimum absolute atomic E-state index is 0.103. The average molecular weight is 1230 g/mol. The first-order valence-electron chi connectivity index (χ1n) is 21.9. The smallest absolute Gasteiger partial charge is 0.397 e. The molecule has 0 aromatic heterocycles. The number of carboxylic acids is 2. The van der Waals surface area contributed by atoms with Gasteiger partial charge >= 0.3 is 53.5 Å². The number of carbonyl (C=O) groups is 3. The molecule has 20 atom stereocenters. The number of carboxylic acid groups (broad SMARTS) is 2. The van der Waals surface area contributed by atoms with Crippen molar-refractivity contribution in [3.8, 4) is 0 Å². The zero-order chi connectivity index (χ0) is 58.0. The maximum atomic E-state index is 12.7. The van der Waals surface area contributed by atoms with Crippen LogP contribution < -0.4 is 10.0 Å². The number of unbranched alkanes of at least 4 members (excludes halogenated alkanes) is 3. The SMILES string of the molecule is O=C(CCO)NCCCCCCOC1OC(C(=O)O)C(OC2CC(O)C(OC3OC(C(=O)O)C(OC4OC(COS(=O)(=O)O)C(O)C(O)C4NS(=O)O)C(O)C3OS(=O)(=O)O)C(COS(=O)(=O)O)O2)C(O)C1OS(=O)(=O)O. The second-order valence-corrected chi connectivity index (χ2v) is 21.7. The highest BCUT2D eigenvalue weighted by atomic mass is 32.3. The Kier molecular flexibility index (Phi) is 25.1. The van der Waals surface area contributed by atoms with Crippen LogP contribution in [-0.2, 0) is 122 Å². The Hall–Kier alpha value is -2.60. The lowest BCUT2D eigenvalue weighted by molar-refractivity contribution is -0.364. The van der Waals surface area contributed by atoms with Crippen LogP contribution in [0.3, 0.4) is 0 Å². The molecule has 0 bridgehead atoms. The Morgan fingerprint density at radius 2 is 1.09 bits per heavy atom. The minimum Gasteiger partial charge on any atom is -0.479 e. The van der Waals surface area contributed by atoms with Gasteiger partial charge in [-0.15, -0.1) is 0 Å². The van der Waals surface area contributed by atoms with Gasteiger partial charge in [0.25, 0.3) is 0 Å². The van der Waals surface area contributed by atoms with Crippen molar-refractivity contribution < 1.29 is 171 Å². The maximum absolute atomic E-state index is 12.7. The molecule has 0 spiro atoms.